The molecule has 1 heterocycles. The summed E-state index contributed by atoms with van der Waals surface area (Å²) in [6.07, 6.45) is 10.1. The summed E-state index contributed by atoms with van der Waals surface area (Å²) in [4.78, 5) is 14.2. The molecule has 18 heavy (non-hydrogen) atoms. The summed E-state index contributed by atoms with van der Waals surface area (Å²) >= 11 is 0. The highest BCUT2D eigenvalue weighted by molar-refractivity contribution is 5.78. The molecular weight excluding hydrogens is 224 g/mol. The number of hydrogen-bond acceptors (Lipinski definition) is 2. The van der Waals surface area contributed by atoms with Crippen LogP contribution in [0, 0.1) is 5.92 Å². The number of carbonyl (C=O) groups is 1. The van der Waals surface area contributed by atoms with Crippen LogP contribution in [0.1, 0.15) is 58.3 Å². The van der Waals surface area contributed by atoms with Gasteiger partial charge in [0.2, 0.25) is 5.91 Å². The van der Waals surface area contributed by atoms with E-state index >= 15 is 0 Å². The molecule has 2 fully saturated rings. The lowest BCUT2D eigenvalue weighted by atomic mass is 9.87. The van der Waals surface area contributed by atoms with E-state index < -0.39 is 0 Å². The summed E-state index contributed by atoms with van der Waals surface area (Å²) in [5, 5.41) is 3.48. The minimum atomic E-state index is 0.315. The zero-order valence-corrected chi connectivity index (χ0v) is 11.8. The van der Waals surface area contributed by atoms with Crippen molar-refractivity contribution in [3.8, 4) is 0 Å². The van der Waals surface area contributed by atoms with E-state index in [2.05, 4.69) is 17.1 Å². The van der Waals surface area contributed by atoms with Gasteiger partial charge in [0.05, 0.1) is 6.54 Å². The standard InChI is InChI=1S/C15H28N2O/c1-13-7-6-8-14(11-13)16-12-15(18)17-9-4-2-3-5-10-17/h13-14,16H,2-12H2,1H3. The van der Waals surface area contributed by atoms with Gasteiger partial charge in [0.1, 0.15) is 0 Å². The van der Waals surface area contributed by atoms with Gasteiger partial charge in [0.25, 0.3) is 0 Å². The number of hydrogen-bond donors (Lipinski definition) is 1. The Morgan fingerprint density at radius 3 is 2.50 bits per heavy atom. The van der Waals surface area contributed by atoms with E-state index in [9.17, 15) is 4.79 Å². The van der Waals surface area contributed by atoms with Gasteiger partial charge in [-0.25, -0.2) is 0 Å². The number of likely N-dealkylation sites (tertiary alicyclic amines) is 1. The molecule has 3 heteroatoms. The second-order valence-corrected chi connectivity index (χ2v) is 6.14. The smallest absolute Gasteiger partial charge is 0.236 e. The lowest BCUT2D eigenvalue weighted by Crippen LogP contribution is -2.43. The average molecular weight is 252 g/mol. The van der Waals surface area contributed by atoms with Gasteiger partial charge in [-0.05, 0) is 31.6 Å². The molecule has 1 saturated heterocycles. The highest BCUT2D eigenvalue weighted by Gasteiger charge is 2.20. The van der Waals surface area contributed by atoms with Crippen molar-refractivity contribution in [3.05, 3.63) is 0 Å². The van der Waals surface area contributed by atoms with E-state index in [1.54, 1.807) is 0 Å². The molecule has 0 aromatic carbocycles. The Labute approximate surface area is 111 Å². The largest absolute Gasteiger partial charge is 0.342 e. The number of carbonyl (C=O) groups excluding carboxylic acids is 1. The van der Waals surface area contributed by atoms with Crippen LogP contribution in [0.15, 0.2) is 0 Å². The quantitative estimate of drug-likeness (QED) is 0.837. The van der Waals surface area contributed by atoms with Crippen LogP contribution in [0.4, 0.5) is 0 Å². The Morgan fingerprint density at radius 1 is 1.11 bits per heavy atom. The van der Waals surface area contributed by atoms with Gasteiger partial charge in [-0.2, -0.15) is 0 Å². The van der Waals surface area contributed by atoms with Crippen molar-refractivity contribution >= 4 is 5.91 Å². The maximum absolute atomic E-state index is 12.1. The Kier molecular flexibility index (Phi) is 5.48. The molecule has 0 radical (unpaired) electrons. The van der Waals surface area contributed by atoms with E-state index in [1.807, 2.05) is 0 Å². The minimum absolute atomic E-state index is 0.315. The van der Waals surface area contributed by atoms with Crippen LogP contribution >= 0.6 is 0 Å². The van der Waals surface area contributed by atoms with E-state index in [1.165, 1.54) is 51.4 Å². The van der Waals surface area contributed by atoms with Crippen molar-refractivity contribution in [2.24, 2.45) is 5.92 Å². The Bertz CT molecular complexity index is 259. The molecular formula is C15H28N2O. The third-order valence-electron chi connectivity index (χ3n) is 4.44. The van der Waals surface area contributed by atoms with Crippen LogP contribution in [0.2, 0.25) is 0 Å². The third kappa shape index (κ3) is 4.27. The van der Waals surface area contributed by atoms with Crippen molar-refractivity contribution in [3.63, 3.8) is 0 Å². The van der Waals surface area contributed by atoms with Gasteiger partial charge in [-0.3, -0.25) is 4.79 Å². The molecule has 1 amide bonds. The first kappa shape index (κ1) is 13.9. The first-order valence-corrected chi connectivity index (χ1v) is 7.77. The highest BCUT2D eigenvalue weighted by atomic mass is 16.2. The minimum Gasteiger partial charge on any atom is -0.342 e. The maximum Gasteiger partial charge on any atom is 0.236 e. The molecule has 2 unspecified atom stereocenters. The summed E-state index contributed by atoms with van der Waals surface area (Å²) in [5.41, 5.74) is 0. The summed E-state index contributed by atoms with van der Waals surface area (Å²) in [6, 6.07) is 0.574. The maximum atomic E-state index is 12.1. The number of nitrogens with zero attached hydrogens (tertiary/aromatic N) is 1. The second-order valence-electron chi connectivity index (χ2n) is 6.14. The van der Waals surface area contributed by atoms with Crippen LogP contribution in [0.3, 0.4) is 0 Å². The summed E-state index contributed by atoms with van der Waals surface area (Å²) in [6.45, 7) is 4.82. The molecule has 2 atom stereocenters. The topological polar surface area (TPSA) is 32.3 Å². The Balaban J connectivity index is 1.70. The van der Waals surface area contributed by atoms with Crippen molar-refractivity contribution in [1.29, 1.82) is 0 Å². The second kappa shape index (κ2) is 7.13. The van der Waals surface area contributed by atoms with Gasteiger partial charge in [-0.15, -0.1) is 0 Å². The fourth-order valence-electron chi connectivity index (χ4n) is 3.28. The molecule has 1 aliphatic heterocycles. The van der Waals surface area contributed by atoms with E-state index in [-0.39, 0.29) is 0 Å². The Morgan fingerprint density at radius 2 is 1.83 bits per heavy atom. The predicted octanol–water partition coefficient (Wildman–Crippen LogP) is 2.56. The van der Waals surface area contributed by atoms with Gasteiger partial charge in [0.15, 0.2) is 0 Å². The molecule has 2 rings (SSSR count). The van der Waals surface area contributed by atoms with Gasteiger partial charge in [0, 0.05) is 19.1 Å². The molecule has 104 valence electrons. The zero-order valence-electron chi connectivity index (χ0n) is 11.8. The van der Waals surface area contributed by atoms with Gasteiger partial charge < -0.3 is 10.2 Å². The summed E-state index contributed by atoms with van der Waals surface area (Å²) < 4.78 is 0. The molecule has 0 aromatic rings. The molecule has 2 aliphatic rings. The normalized spacial score (nSPS) is 29.9. The van der Waals surface area contributed by atoms with E-state index in [0.717, 1.165) is 19.0 Å². The van der Waals surface area contributed by atoms with Gasteiger partial charge >= 0.3 is 0 Å². The van der Waals surface area contributed by atoms with Gasteiger partial charge in [-0.1, -0.05) is 32.6 Å². The van der Waals surface area contributed by atoms with Crippen molar-refractivity contribution in [1.82, 2.24) is 10.2 Å². The number of amides is 1. The Hall–Kier alpha value is -0.570. The van der Waals surface area contributed by atoms with Crippen molar-refractivity contribution < 1.29 is 4.79 Å². The monoisotopic (exact) mass is 252 g/mol. The van der Waals surface area contributed by atoms with Crippen LogP contribution in [0.25, 0.3) is 0 Å². The van der Waals surface area contributed by atoms with Crippen LogP contribution in [0.5, 0.6) is 0 Å². The average Bonchev–Trinajstić information content (AvgIpc) is 2.65. The van der Waals surface area contributed by atoms with Crippen LogP contribution in [-0.2, 0) is 4.79 Å². The lowest BCUT2D eigenvalue weighted by Gasteiger charge is -2.28. The molecule has 3 nitrogen and oxygen atoms in total. The fourth-order valence-corrected chi connectivity index (χ4v) is 3.28. The molecule has 0 aromatic heterocycles. The predicted molar refractivity (Wildman–Crippen MR) is 74.5 cm³/mol. The first-order valence-electron chi connectivity index (χ1n) is 7.77. The van der Waals surface area contributed by atoms with Crippen LogP contribution in [-0.4, -0.2) is 36.5 Å². The van der Waals surface area contributed by atoms with E-state index in [4.69, 9.17) is 0 Å². The molecule has 1 aliphatic carbocycles. The van der Waals surface area contributed by atoms with Crippen LogP contribution < -0.4 is 5.32 Å². The fraction of sp³-hybridized carbons (Fsp3) is 0.933. The SMILES string of the molecule is CC1CCCC(NCC(=O)N2CCCCCC2)C1. The molecule has 0 spiro atoms. The summed E-state index contributed by atoms with van der Waals surface area (Å²) in [7, 11) is 0. The number of nitrogens with one attached hydrogen (secondary N) is 1. The highest BCUT2D eigenvalue weighted by Crippen LogP contribution is 2.23. The third-order valence-corrected chi connectivity index (χ3v) is 4.44. The number of rotatable bonds is 3. The first-order chi connectivity index (χ1) is 8.75. The van der Waals surface area contributed by atoms with E-state index in [0.29, 0.717) is 18.5 Å². The summed E-state index contributed by atoms with van der Waals surface area (Å²) in [5.74, 6) is 1.14. The van der Waals surface area contributed by atoms with Crippen molar-refractivity contribution in [2.45, 2.75) is 64.3 Å². The zero-order chi connectivity index (χ0) is 12.8. The molecule has 1 saturated carbocycles. The molecule has 1 N–H and O–H groups in total. The van der Waals surface area contributed by atoms with Crippen molar-refractivity contribution in [2.75, 3.05) is 19.6 Å². The molecule has 0 bridgehead atoms. The lowest BCUT2D eigenvalue weighted by molar-refractivity contribution is -0.130.